The van der Waals surface area contributed by atoms with Crippen LogP contribution < -0.4 is 0 Å². The second-order valence-corrected chi connectivity index (χ2v) is 9.37. The molecule has 0 aromatic heterocycles. The third-order valence-electron chi connectivity index (χ3n) is 7.20. The molecule has 5 nitrogen and oxygen atoms in total. The fraction of sp³-hybridized carbons (Fsp3) is 0.0968. The van der Waals surface area contributed by atoms with Gasteiger partial charge in [-0.25, -0.2) is 0 Å². The lowest BCUT2D eigenvalue weighted by atomic mass is 9.76. The molecule has 5 heteroatoms. The van der Waals surface area contributed by atoms with Gasteiger partial charge >= 0.3 is 0 Å². The minimum Gasteiger partial charge on any atom is -0.507 e. The predicted molar refractivity (Wildman–Crippen MR) is 142 cm³/mol. The van der Waals surface area contributed by atoms with E-state index in [2.05, 4.69) is 24.3 Å². The SMILES string of the molecule is Oc1cc2c(cc1O)[C@@H](Cc1cccc3ccccc13)CC(c1cc(O)c(O)c3c(O)cccc13)=C2. The Kier molecular flexibility index (Phi) is 5.00. The average molecular weight is 477 g/mol. The van der Waals surface area contributed by atoms with Crippen molar-refractivity contribution in [3.05, 3.63) is 101 Å². The number of hydrogen-bond donors (Lipinski definition) is 5. The molecule has 5 N–H and O–H groups in total. The summed E-state index contributed by atoms with van der Waals surface area (Å²) >= 11 is 0. The Morgan fingerprint density at radius 1 is 0.667 bits per heavy atom. The molecule has 5 aromatic rings. The first kappa shape index (κ1) is 21.9. The summed E-state index contributed by atoms with van der Waals surface area (Å²) in [5.74, 6) is -1.18. The quantitative estimate of drug-likeness (QED) is 0.185. The molecule has 0 fully saturated rings. The lowest BCUT2D eigenvalue weighted by molar-refractivity contribution is 0.402. The van der Waals surface area contributed by atoms with Crippen molar-refractivity contribution >= 4 is 33.2 Å². The topological polar surface area (TPSA) is 101 Å². The Morgan fingerprint density at radius 3 is 2.25 bits per heavy atom. The molecule has 0 heterocycles. The zero-order valence-corrected chi connectivity index (χ0v) is 19.3. The number of aromatic hydroxyl groups is 5. The highest BCUT2D eigenvalue weighted by Crippen LogP contribution is 2.48. The molecular formula is C31H24O5. The predicted octanol–water partition coefficient (Wildman–Crippen LogP) is 6.79. The van der Waals surface area contributed by atoms with Gasteiger partial charge in [-0.1, -0.05) is 60.7 Å². The van der Waals surface area contributed by atoms with E-state index in [4.69, 9.17) is 0 Å². The van der Waals surface area contributed by atoms with Gasteiger partial charge in [0.05, 0.1) is 5.39 Å². The summed E-state index contributed by atoms with van der Waals surface area (Å²) in [6.07, 6.45) is 3.22. The summed E-state index contributed by atoms with van der Waals surface area (Å²) < 4.78 is 0. The van der Waals surface area contributed by atoms with Gasteiger partial charge in [0.1, 0.15) is 5.75 Å². The molecule has 0 bridgehead atoms. The first-order valence-electron chi connectivity index (χ1n) is 11.8. The van der Waals surface area contributed by atoms with Crippen molar-refractivity contribution in [2.75, 3.05) is 0 Å². The Balaban J connectivity index is 1.53. The molecule has 0 radical (unpaired) electrons. The number of allylic oxidation sites excluding steroid dienone is 1. The molecule has 0 aliphatic heterocycles. The van der Waals surface area contributed by atoms with E-state index in [1.165, 1.54) is 23.1 Å². The van der Waals surface area contributed by atoms with E-state index < -0.39 is 0 Å². The number of hydrogen-bond acceptors (Lipinski definition) is 5. The van der Waals surface area contributed by atoms with E-state index in [1.54, 1.807) is 24.3 Å². The number of phenols is 5. The summed E-state index contributed by atoms with van der Waals surface area (Å²) in [5, 5.41) is 55.0. The molecule has 0 saturated carbocycles. The highest BCUT2D eigenvalue weighted by Gasteiger charge is 2.27. The van der Waals surface area contributed by atoms with Crippen LogP contribution in [0.1, 0.15) is 34.6 Å². The number of rotatable bonds is 3. The van der Waals surface area contributed by atoms with E-state index in [1.807, 2.05) is 24.3 Å². The Bertz CT molecular complexity index is 1690. The molecule has 0 unspecified atom stereocenters. The summed E-state index contributed by atoms with van der Waals surface area (Å²) in [5.41, 5.74) is 4.46. The first-order chi connectivity index (χ1) is 17.4. The van der Waals surface area contributed by atoms with Crippen LogP contribution in [0, 0.1) is 0 Å². The maximum Gasteiger partial charge on any atom is 0.169 e. The van der Waals surface area contributed by atoms with Crippen molar-refractivity contribution in [2.45, 2.75) is 18.8 Å². The molecule has 1 aliphatic rings. The van der Waals surface area contributed by atoms with Crippen LogP contribution in [0.5, 0.6) is 28.7 Å². The minimum absolute atomic E-state index is 0.0272. The molecular weight excluding hydrogens is 452 g/mol. The molecule has 36 heavy (non-hydrogen) atoms. The van der Waals surface area contributed by atoms with Gasteiger partial charge in [0.25, 0.3) is 0 Å². The fourth-order valence-electron chi connectivity index (χ4n) is 5.51. The highest BCUT2D eigenvalue weighted by molar-refractivity contribution is 6.05. The second-order valence-electron chi connectivity index (χ2n) is 9.37. The van der Waals surface area contributed by atoms with Crippen molar-refractivity contribution in [3.63, 3.8) is 0 Å². The molecule has 0 amide bonds. The van der Waals surface area contributed by atoms with E-state index in [0.717, 1.165) is 22.1 Å². The summed E-state index contributed by atoms with van der Waals surface area (Å²) in [6, 6.07) is 24.1. The molecule has 1 aliphatic carbocycles. The van der Waals surface area contributed by atoms with E-state index in [9.17, 15) is 25.5 Å². The van der Waals surface area contributed by atoms with Gasteiger partial charge in [-0.3, -0.25) is 0 Å². The normalized spacial score (nSPS) is 15.1. The zero-order valence-electron chi connectivity index (χ0n) is 19.3. The van der Waals surface area contributed by atoms with E-state index in [-0.39, 0.29) is 40.1 Å². The minimum atomic E-state index is -0.362. The summed E-state index contributed by atoms with van der Waals surface area (Å²) in [7, 11) is 0. The number of benzene rings is 5. The van der Waals surface area contributed by atoms with Crippen LogP contribution in [0.15, 0.2) is 78.9 Å². The summed E-state index contributed by atoms with van der Waals surface area (Å²) in [4.78, 5) is 0. The maximum absolute atomic E-state index is 10.5. The lowest BCUT2D eigenvalue weighted by Crippen LogP contribution is -2.11. The molecule has 178 valence electrons. The van der Waals surface area contributed by atoms with Crippen molar-refractivity contribution in [2.24, 2.45) is 0 Å². The van der Waals surface area contributed by atoms with Crippen LogP contribution in [-0.2, 0) is 6.42 Å². The van der Waals surface area contributed by atoms with Gasteiger partial charge in [0.15, 0.2) is 23.0 Å². The van der Waals surface area contributed by atoms with Crippen LogP contribution in [0.25, 0.3) is 33.2 Å². The molecule has 1 atom stereocenters. The van der Waals surface area contributed by atoms with Gasteiger partial charge in [-0.2, -0.15) is 0 Å². The first-order valence-corrected chi connectivity index (χ1v) is 11.8. The lowest BCUT2D eigenvalue weighted by Gasteiger charge is -2.28. The molecule has 6 rings (SSSR count). The Labute approximate surface area is 207 Å². The smallest absolute Gasteiger partial charge is 0.169 e. The average Bonchev–Trinajstić information content (AvgIpc) is 2.87. The third-order valence-corrected chi connectivity index (χ3v) is 7.20. The summed E-state index contributed by atoms with van der Waals surface area (Å²) in [6.45, 7) is 0. The molecule has 0 saturated heterocycles. The Morgan fingerprint density at radius 2 is 1.39 bits per heavy atom. The van der Waals surface area contributed by atoms with Crippen LogP contribution in [0.4, 0.5) is 0 Å². The van der Waals surface area contributed by atoms with E-state index in [0.29, 0.717) is 23.8 Å². The van der Waals surface area contributed by atoms with Crippen molar-refractivity contribution in [1.29, 1.82) is 0 Å². The van der Waals surface area contributed by atoms with Crippen LogP contribution in [-0.4, -0.2) is 25.5 Å². The standard InChI is InChI=1S/C31H24O5/c32-26-10-4-9-23-25(16-29(35)31(36)30(23)26)20-12-19(24-15-28(34)27(33)14-21(24)13-20)11-18-7-3-6-17-5-1-2-8-22(17)18/h1-10,13-16,19,32-36H,11-12H2/t19-/m0/s1. The number of phenolic OH excluding ortho intramolecular Hbond substituents is 5. The van der Waals surface area contributed by atoms with E-state index >= 15 is 0 Å². The monoisotopic (exact) mass is 476 g/mol. The van der Waals surface area contributed by atoms with Gasteiger partial charge in [0.2, 0.25) is 0 Å². The Hall–Kier alpha value is -4.64. The fourth-order valence-corrected chi connectivity index (χ4v) is 5.51. The largest absolute Gasteiger partial charge is 0.507 e. The maximum atomic E-state index is 10.5. The van der Waals surface area contributed by atoms with Gasteiger partial charge < -0.3 is 25.5 Å². The van der Waals surface area contributed by atoms with Gasteiger partial charge in [-0.15, -0.1) is 0 Å². The van der Waals surface area contributed by atoms with Crippen molar-refractivity contribution < 1.29 is 25.5 Å². The zero-order chi connectivity index (χ0) is 25.0. The molecule has 0 spiro atoms. The highest BCUT2D eigenvalue weighted by atomic mass is 16.3. The van der Waals surface area contributed by atoms with Crippen LogP contribution >= 0.6 is 0 Å². The second kappa shape index (κ2) is 8.24. The molecule has 5 aromatic carbocycles. The van der Waals surface area contributed by atoms with Crippen molar-refractivity contribution in [3.8, 4) is 28.7 Å². The third kappa shape index (κ3) is 3.48. The van der Waals surface area contributed by atoms with Crippen LogP contribution in [0.2, 0.25) is 0 Å². The van der Waals surface area contributed by atoms with Crippen LogP contribution in [0.3, 0.4) is 0 Å². The van der Waals surface area contributed by atoms with Gasteiger partial charge in [-0.05, 0) is 87.0 Å². The van der Waals surface area contributed by atoms with Gasteiger partial charge in [0, 0.05) is 0 Å². The number of fused-ring (bicyclic) bond motifs is 3. The van der Waals surface area contributed by atoms with Crippen molar-refractivity contribution in [1.82, 2.24) is 0 Å².